The highest BCUT2D eigenvalue weighted by atomic mass is 16.4. The van der Waals surface area contributed by atoms with Gasteiger partial charge in [-0.05, 0) is 25.1 Å². The smallest absolute Gasteiger partial charge is 0.335 e. The van der Waals surface area contributed by atoms with Gasteiger partial charge in [-0.25, -0.2) is 9.69 Å². The van der Waals surface area contributed by atoms with Gasteiger partial charge in [-0.2, -0.15) is 0 Å². The number of anilines is 2. The molecule has 1 unspecified atom stereocenters. The van der Waals surface area contributed by atoms with Crippen LogP contribution in [0.3, 0.4) is 0 Å². The summed E-state index contributed by atoms with van der Waals surface area (Å²) in [4.78, 5) is 49.4. The summed E-state index contributed by atoms with van der Waals surface area (Å²) in [5.74, 6) is -2.64. The molecule has 0 saturated carbocycles. The third-order valence-corrected chi connectivity index (χ3v) is 3.69. The van der Waals surface area contributed by atoms with Crippen LogP contribution >= 0.6 is 0 Å². The highest BCUT2D eigenvalue weighted by molar-refractivity contribution is 6.29. The van der Waals surface area contributed by atoms with Gasteiger partial charge in [0.05, 0.1) is 23.0 Å². The number of imide groups is 1. The van der Waals surface area contributed by atoms with Gasteiger partial charge in [0.15, 0.2) is 0 Å². The lowest BCUT2D eigenvalue weighted by Gasteiger charge is -2.27. The Bertz CT molecular complexity index is 791. The number of carboxylic acids is 1. The van der Waals surface area contributed by atoms with E-state index in [1.807, 2.05) is 0 Å². The zero-order valence-electron chi connectivity index (χ0n) is 12.1. The molecule has 0 radical (unpaired) electrons. The monoisotopic (exact) mass is 312 g/mol. The Balaban J connectivity index is 2.16. The molecule has 7 heteroatoms. The van der Waals surface area contributed by atoms with Gasteiger partial charge >= 0.3 is 5.97 Å². The number of carboxylic acid groups (broad SMARTS) is 1. The summed E-state index contributed by atoms with van der Waals surface area (Å²) in [6, 6.07) is 3.72. The minimum absolute atomic E-state index is 0.0776. The molecule has 1 atom stereocenters. The number of nitrogens with zero attached hydrogens (tertiary/aromatic N) is 2. The second kappa shape index (κ2) is 5.20. The van der Waals surface area contributed by atoms with E-state index in [2.05, 4.69) is 0 Å². The summed E-state index contributed by atoms with van der Waals surface area (Å²) < 4.78 is 0. The fourth-order valence-electron chi connectivity index (χ4n) is 2.60. The number of carbonyl (C=O) groups is 4. The van der Waals surface area contributed by atoms with Crippen LogP contribution in [0.1, 0.15) is 17.3 Å². The van der Waals surface area contributed by atoms with E-state index in [0.717, 1.165) is 17.1 Å². The minimum Gasteiger partial charge on any atom is -0.478 e. The Morgan fingerprint density at radius 3 is 2.17 bits per heavy atom. The molecular weight excluding hydrogens is 300 g/mol. The molecule has 2 aliphatic heterocycles. The summed E-state index contributed by atoms with van der Waals surface area (Å²) in [5.41, 5.74) is 0.306. The second-order valence-electron chi connectivity index (χ2n) is 5.16. The Morgan fingerprint density at radius 2 is 1.65 bits per heavy atom. The van der Waals surface area contributed by atoms with Crippen molar-refractivity contribution >= 4 is 35.1 Å². The van der Waals surface area contributed by atoms with E-state index in [1.54, 1.807) is 13.0 Å². The van der Waals surface area contributed by atoms with E-state index in [-0.39, 0.29) is 23.2 Å². The van der Waals surface area contributed by atoms with Crippen molar-refractivity contribution < 1.29 is 24.3 Å². The quantitative estimate of drug-likeness (QED) is 0.843. The lowest BCUT2D eigenvalue weighted by atomic mass is 10.1. The zero-order valence-corrected chi connectivity index (χ0v) is 12.1. The van der Waals surface area contributed by atoms with Crippen molar-refractivity contribution in [2.45, 2.75) is 13.0 Å². The molecule has 0 aromatic heterocycles. The van der Waals surface area contributed by atoms with Crippen LogP contribution in [-0.4, -0.2) is 34.8 Å². The van der Waals surface area contributed by atoms with Crippen molar-refractivity contribution in [3.8, 4) is 0 Å². The highest BCUT2D eigenvalue weighted by Gasteiger charge is 2.33. The molecule has 0 saturated heterocycles. The molecule has 0 aliphatic carbocycles. The number of benzene rings is 1. The third kappa shape index (κ3) is 2.32. The van der Waals surface area contributed by atoms with Crippen molar-refractivity contribution in [3.63, 3.8) is 0 Å². The molecule has 2 aliphatic rings. The molecule has 3 amide bonds. The summed E-state index contributed by atoms with van der Waals surface area (Å²) in [6.45, 7) is 1.78. The standard InChI is InChI=1S/C16H12N2O5/c1-9-2-5-13(19)17(9)11-4-3-10(16(22)23)8-12(11)18-14(20)6-7-15(18)21/h2-9H,1H3,(H,22,23). The first kappa shape index (κ1) is 14.7. The van der Waals surface area contributed by atoms with Gasteiger partial charge in [-0.15, -0.1) is 0 Å². The average molecular weight is 312 g/mol. The molecule has 116 valence electrons. The van der Waals surface area contributed by atoms with Gasteiger partial charge in [0.1, 0.15) is 0 Å². The predicted octanol–water partition coefficient (Wildman–Crippen LogP) is 1.11. The van der Waals surface area contributed by atoms with E-state index in [0.29, 0.717) is 5.69 Å². The number of hydrogen-bond donors (Lipinski definition) is 1. The molecule has 2 heterocycles. The summed E-state index contributed by atoms with van der Waals surface area (Å²) in [5, 5.41) is 9.15. The van der Waals surface area contributed by atoms with Crippen LogP contribution in [0.4, 0.5) is 11.4 Å². The molecule has 1 aromatic rings. The van der Waals surface area contributed by atoms with Gasteiger partial charge in [0.2, 0.25) is 0 Å². The molecule has 0 bridgehead atoms. The lowest BCUT2D eigenvalue weighted by molar-refractivity contribution is -0.120. The van der Waals surface area contributed by atoms with Gasteiger partial charge in [-0.3, -0.25) is 14.4 Å². The molecule has 23 heavy (non-hydrogen) atoms. The van der Waals surface area contributed by atoms with E-state index < -0.39 is 17.8 Å². The molecule has 0 spiro atoms. The Morgan fingerprint density at radius 1 is 1.00 bits per heavy atom. The van der Waals surface area contributed by atoms with Crippen LogP contribution in [0.5, 0.6) is 0 Å². The zero-order chi connectivity index (χ0) is 16.7. The lowest BCUT2D eigenvalue weighted by Crippen LogP contribution is -2.36. The maximum Gasteiger partial charge on any atom is 0.335 e. The molecule has 1 N–H and O–H groups in total. The highest BCUT2D eigenvalue weighted by Crippen LogP contribution is 2.35. The van der Waals surface area contributed by atoms with Gasteiger partial charge in [0.25, 0.3) is 17.7 Å². The Labute approximate surface area is 131 Å². The first-order chi connectivity index (χ1) is 10.9. The van der Waals surface area contributed by atoms with Gasteiger partial charge < -0.3 is 10.0 Å². The van der Waals surface area contributed by atoms with E-state index >= 15 is 0 Å². The van der Waals surface area contributed by atoms with Gasteiger partial charge in [-0.1, -0.05) is 6.08 Å². The number of amides is 3. The normalized spacial score (nSPS) is 20.0. The topological polar surface area (TPSA) is 95.0 Å². The first-order valence-electron chi connectivity index (χ1n) is 6.85. The average Bonchev–Trinajstić information content (AvgIpc) is 3.01. The summed E-state index contributed by atoms with van der Waals surface area (Å²) in [7, 11) is 0. The number of hydrogen-bond acceptors (Lipinski definition) is 4. The Kier molecular flexibility index (Phi) is 3.33. The second-order valence-corrected chi connectivity index (χ2v) is 5.16. The van der Waals surface area contributed by atoms with Crippen LogP contribution in [0, 0.1) is 0 Å². The van der Waals surface area contributed by atoms with Crippen LogP contribution in [0.25, 0.3) is 0 Å². The molecule has 3 rings (SSSR count). The molecular formula is C16H12N2O5. The third-order valence-electron chi connectivity index (χ3n) is 3.69. The first-order valence-corrected chi connectivity index (χ1v) is 6.85. The summed E-state index contributed by atoms with van der Waals surface area (Å²) in [6.07, 6.45) is 5.29. The SMILES string of the molecule is CC1C=CC(=O)N1c1ccc(C(=O)O)cc1N1C(=O)C=CC1=O. The molecule has 1 aromatic carbocycles. The van der Waals surface area contributed by atoms with Crippen LogP contribution in [0.15, 0.2) is 42.5 Å². The van der Waals surface area contributed by atoms with Crippen LogP contribution < -0.4 is 9.80 Å². The summed E-state index contributed by atoms with van der Waals surface area (Å²) >= 11 is 0. The fourth-order valence-corrected chi connectivity index (χ4v) is 2.60. The van der Waals surface area contributed by atoms with Crippen molar-refractivity contribution in [2.75, 3.05) is 9.80 Å². The van der Waals surface area contributed by atoms with Gasteiger partial charge in [0, 0.05) is 18.2 Å². The largest absolute Gasteiger partial charge is 0.478 e. The molecule has 0 fully saturated rings. The van der Waals surface area contributed by atoms with Crippen LogP contribution in [0.2, 0.25) is 0 Å². The predicted molar refractivity (Wildman–Crippen MR) is 81.1 cm³/mol. The van der Waals surface area contributed by atoms with Crippen molar-refractivity contribution in [1.29, 1.82) is 0 Å². The Hall–Kier alpha value is -3.22. The number of rotatable bonds is 3. The maximum absolute atomic E-state index is 12.1. The van der Waals surface area contributed by atoms with Crippen molar-refractivity contribution in [1.82, 2.24) is 0 Å². The fraction of sp³-hybridized carbons (Fsp3) is 0.125. The number of aromatic carboxylic acids is 1. The minimum atomic E-state index is -1.19. The molecule has 7 nitrogen and oxygen atoms in total. The van der Waals surface area contributed by atoms with E-state index in [1.165, 1.54) is 29.2 Å². The van der Waals surface area contributed by atoms with Crippen molar-refractivity contribution in [2.24, 2.45) is 0 Å². The maximum atomic E-state index is 12.1. The van der Waals surface area contributed by atoms with E-state index in [4.69, 9.17) is 5.11 Å². The van der Waals surface area contributed by atoms with Crippen molar-refractivity contribution in [3.05, 3.63) is 48.1 Å². The number of carbonyl (C=O) groups excluding carboxylic acids is 3. The van der Waals surface area contributed by atoms with Crippen LogP contribution in [-0.2, 0) is 14.4 Å². The van der Waals surface area contributed by atoms with E-state index in [9.17, 15) is 19.2 Å².